The van der Waals surface area contributed by atoms with Crippen LogP contribution in [0.4, 0.5) is 13.2 Å². The Morgan fingerprint density at radius 2 is 1.91 bits per heavy atom. The molecule has 2 rings (SSSR count). The third kappa shape index (κ3) is 2.77. The summed E-state index contributed by atoms with van der Waals surface area (Å²) in [6.45, 7) is 3.20. The number of aromatic hydroxyl groups is 1. The summed E-state index contributed by atoms with van der Waals surface area (Å²) in [5, 5.41) is 18.9. The summed E-state index contributed by atoms with van der Waals surface area (Å²) >= 11 is 0. The van der Waals surface area contributed by atoms with Crippen molar-refractivity contribution >= 4 is 5.97 Å². The van der Waals surface area contributed by atoms with Crippen molar-refractivity contribution in [3.05, 3.63) is 28.8 Å². The Balaban J connectivity index is 2.21. The molecule has 1 fully saturated rings. The second kappa shape index (κ2) is 5.46. The second-order valence-electron chi connectivity index (χ2n) is 5.91. The molecule has 122 valence electrons. The lowest BCUT2D eigenvalue weighted by Crippen LogP contribution is -2.47. The van der Waals surface area contributed by atoms with Gasteiger partial charge in [-0.25, -0.2) is 0 Å². The highest BCUT2D eigenvalue weighted by Crippen LogP contribution is 2.46. The topological polar surface area (TPSA) is 60.8 Å². The molecule has 2 N–H and O–H groups in total. The SMILES string of the molecule is Cc1cc(O)c(CN2CCC(C(=O)O)(C(F)(F)F)C2)cc1C. The molecular weight excluding hydrogens is 299 g/mol. The zero-order chi connectivity index (χ0) is 16.7. The summed E-state index contributed by atoms with van der Waals surface area (Å²) in [7, 11) is 0. The maximum atomic E-state index is 13.1. The van der Waals surface area contributed by atoms with Crippen LogP contribution >= 0.6 is 0 Å². The van der Waals surface area contributed by atoms with Crippen LogP contribution in [0.25, 0.3) is 0 Å². The zero-order valence-corrected chi connectivity index (χ0v) is 12.4. The van der Waals surface area contributed by atoms with Crippen molar-refractivity contribution in [1.82, 2.24) is 4.90 Å². The average Bonchev–Trinajstić information content (AvgIpc) is 2.81. The van der Waals surface area contributed by atoms with Gasteiger partial charge in [-0.2, -0.15) is 13.2 Å². The highest BCUT2D eigenvalue weighted by molar-refractivity contribution is 5.76. The van der Waals surface area contributed by atoms with E-state index in [1.807, 2.05) is 13.8 Å². The Labute approximate surface area is 126 Å². The first-order chi connectivity index (χ1) is 10.1. The number of carbonyl (C=O) groups is 1. The van der Waals surface area contributed by atoms with Crippen LogP contribution in [0.5, 0.6) is 5.75 Å². The molecule has 0 amide bonds. The molecule has 1 aliphatic rings. The van der Waals surface area contributed by atoms with E-state index in [-0.39, 0.29) is 18.8 Å². The molecule has 1 saturated heterocycles. The Bertz CT molecular complexity index is 600. The van der Waals surface area contributed by atoms with E-state index in [1.54, 1.807) is 12.1 Å². The summed E-state index contributed by atoms with van der Waals surface area (Å²) < 4.78 is 39.4. The number of alkyl halides is 3. The van der Waals surface area contributed by atoms with Crippen LogP contribution in [0.3, 0.4) is 0 Å². The molecule has 7 heteroatoms. The van der Waals surface area contributed by atoms with E-state index in [9.17, 15) is 23.1 Å². The number of carboxylic acid groups (broad SMARTS) is 1. The number of hydrogen-bond acceptors (Lipinski definition) is 3. The number of benzene rings is 1. The Morgan fingerprint density at radius 1 is 1.32 bits per heavy atom. The molecule has 0 bridgehead atoms. The van der Waals surface area contributed by atoms with Crippen LogP contribution in [0.15, 0.2) is 12.1 Å². The summed E-state index contributed by atoms with van der Waals surface area (Å²) in [5.74, 6) is -1.82. The Morgan fingerprint density at radius 3 is 2.41 bits per heavy atom. The van der Waals surface area contributed by atoms with Crippen LogP contribution in [-0.2, 0) is 11.3 Å². The van der Waals surface area contributed by atoms with Crippen molar-refractivity contribution < 1.29 is 28.2 Å². The van der Waals surface area contributed by atoms with Gasteiger partial charge >= 0.3 is 12.1 Å². The zero-order valence-electron chi connectivity index (χ0n) is 12.4. The number of halogens is 3. The average molecular weight is 317 g/mol. The van der Waals surface area contributed by atoms with Crippen molar-refractivity contribution in [2.45, 2.75) is 33.0 Å². The van der Waals surface area contributed by atoms with Gasteiger partial charge < -0.3 is 10.2 Å². The van der Waals surface area contributed by atoms with Crippen LogP contribution in [0.1, 0.15) is 23.1 Å². The number of aryl methyl sites for hydroxylation is 2. The number of aliphatic carboxylic acids is 1. The predicted octanol–water partition coefficient (Wildman–Crippen LogP) is 2.85. The third-order valence-corrected chi connectivity index (χ3v) is 4.39. The lowest BCUT2D eigenvalue weighted by atomic mass is 9.86. The van der Waals surface area contributed by atoms with Crippen molar-refractivity contribution in [3.8, 4) is 5.75 Å². The molecule has 0 aliphatic carbocycles. The van der Waals surface area contributed by atoms with Crippen LogP contribution in [0, 0.1) is 19.3 Å². The van der Waals surface area contributed by atoms with Gasteiger partial charge in [-0.3, -0.25) is 9.69 Å². The largest absolute Gasteiger partial charge is 0.508 e. The van der Waals surface area contributed by atoms with E-state index in [2.05, 4.69) is 0 Å². The van der Waals surface area contributed by atoms with Gasteiger partial charge in [0.2, 0.25) is 0 Å². The van der Waals surface area contributed by atoms with Crippen LogP contribution < -0.4 is 0 Å². The van der Waals surface area contributed by atoms with Gasteiger partial charge in [0, 0.05) is 25.2 Å². The van der Waals surface area contributed by atoms with E-state index in [4.69, 9.17) is 5.11 Å². The maximum absolute atomic E-state index is 13.1. The normalized spacial score (nSPS) is 23.0. The molecule has 1 unspecified atom stereocenters. The van der Waals surface area contributed by atoms with Crippen LogP contribution in [0.2, 0.25) is 0 Å². The predicted molar refractivity (Wildman–Crippen MR) is 73.6 cm³/mol. The number of rotatable bonds is 3. The van der Waals surface area contributed by atoms with Gasteiger partial charge in [0.25, 0.3) is 0 Å². The summed E-state index contributed by atoms with van der Waals surface area (Å²) in [6.07, 6.45) is -5.27. The molecule has 4 nitrogen and oxygen atoms in total. The number of hydrogen-bond donors (Lipinski definition) is 2. The fourth-order valence-corrected chi connectivity index (χ4v) is 2.78. The monoisotopic (exact) mass is 317 g/mol. The highest BCUT2D eigenvalue weighted by Gasteiger charge is 2.63. The molecule has 0 radical (unpaired) electrons. The van der Waals surface area contributed by atoms with Gasteiger partial charge in [0.1, 0.15) is 5.75 Å². The summed E-state index contributed by atoms with van der Waals surface area (Å²) in [6, 6.07) is 3.29. The number of carboxylic acids is 1. The molecule has 0 aromatic heterocycles. The number of phenols is 1. The number of phenolic OH excluding ortho intramolecular Hbond substituents is 1. The second-order valence-corrected chi connectivity index (χ2v) is 5.91. The number of nitrogens with zero attached hydrogens (tertiary/aromatic N) is 1. The first-order valence-corrected chi connectivity index (χ1v) is 6.88. The highest BCUT2D eigenvalue weighted by atomic mass is 19.4. The molecule has 1 aromatic carbocycles. The van der Waals surface area contributed by atoms with E-state index in [0.29, 0.717) is 5.56 Å². The smallest absolute Gasteiger partial charge is 0.406 e. The first-order valence-electron chi connectivity index (χ1n) is 6.88. The molecule has 1 aliphatic heterocycles. The van der Waals surface area contributed by atoms with Gasteiger partial charge in [0.05, 0.1) is 0 Å². The molecular formula is C15H18F3NO3. The van der Waals surface area contributed by atoms with Gasteiger partial charge in [-0.1, -0.05) is 6.07 Å². The fourth-order valence-electron chi connectivity index (χ4n) is 2.78. The molecule has 0 spiro atoms. The van der Waals surface area contributed by atoms with Crippen molar-refractivity contribution in [3.63, 3.8) is 0 Å². The molecule has 22 heavy (non-hydrogen) atoms. The molecule has 1 heterocycles. The third-order valence-electron chi connectivity index (χ3n) is 4.39. The van der Waals surface area contributed by atoms with Gasteiger partial charge in [0.15, 0.2) is 5.41 Å². The van der Waals surface area contributed by atoms with E-state index >= 15 is 0 Å². The Kier molecular flexibility index (Phi) is 4.12. The molecule has 1 atom stereocenters. The quantitative estimate of drug-likeness (QED) is 0.900. The lowest BCUT2D eigenvalue weighted by molar-refractivity contribution is -0.227. The first kappa shape index (κ1) is 16.6. The minimum Gasteiger partial charge on any atom is -0.508 e. The minimum absolute atomic E-state index is 0.0166. The molecule has 0 saturated carbocycles. The minimum atomic E-state index is -4.79. The van der Waals surface area contributed by atoms with E-state index in [1.165, 1.54) is 4.90 Å². The van der Waals surface area contributed by atoms with E-state index < -0.39 is 30.5 Å². The Hall–Kier alpha value is -1.76. The summed E-state index contributed by atoms with van der Waals surface area (Å²) in [5.41, 5.74) is -0.404. The standard InChI is InChI=1S/C15H18F3NO3/c1-9-5-11(12(20)6-10(9)2)7-19-4-3-14(8-19,13(21)22)15(16,17)18/h5-6,20H,3-4,7-8H2,1-2H3,(H,21,22). The van der Waals surface area contributed by atoms with Crippen molar-refractivity contribution in [2.24, 2.45) is 5.41 Å². The van der Waals surface area contributed by atoms with Gasteiger partial charge in [-0.15, -0.1) is 0 Å². The van der Waals surface area contributed by atoms with Crippen molar-refractivity contribution in [2.75, 3.05) is 13.1 Å². The maximum Gasteiger partial charge on any atom is 0.406 e. The molecule has 1 aromatic rings. The van der Waals surface area contributed by atoms with Crippen molar-refractivity contribution in [1.29, 1.82) is 0 Å². The fraction of sp³-hybridized carbons (Fsp3) is 0.533. The lowest BCUT2D eigenvalue weighted by Gasteiger charge is -2.27. The number of likely N-dealkylation sites (tertiary alicyclic amines) is 1. The summed E-state index contributed by atoms with van der Waals surface area (Å²) in [4.78, 5) is 12.6. The van der Waals surface area contributed by atoms with Gasteiger partial charge in [-0.05, 0) is 37.5 Å². The van der Waals surface area contributed by atoms with Crippen LogP contribution in [-0.4, -0.2) is 40.3 Å². The van der Waals surface area contributed by atoms with E-state index in [0.717, 1.165) is 11.1 Å².